The van der Waals surface area contributed by atoms with Gasteiger partial charge < -0.3 is 29.5 Å². The van der Waals surface area contributed by atoms with Crippen LogP contribution in [0.2, 0.25) is 0 Å². The van der Waals surface area contributed by atoms with Crippen LogP contribution >= 0.6 is 0 Å². The summed E-state index contributed by atoms with van der Waals surface area (Å²) in [7, 11) is 1.55. The second-order valence-corrected chi connectivity index (χ2v) is 8.35. The number of hydrogen-bond acceptors (Lipinski definition) is 6. The van der Waals surface area contributed by atoms with Crippen molar-refractivity contribution >= 4 is 0 Å². The molecule has 202 valence electrons. The average Bonchev–Trinajstić information content (AvgIpc) is 2.85. The highest BCUT2D eigenvalue weighted by molar-refractivity contribution is 5.20. The number of unbranched alkanes of at least 4 members (excludes halogenated alkanes) is 10. The van der Waals surface area contributed by atoms with Gasteiger partial charge in [-0.15, -0.1) is 0 Å². The number of rotatable bonds is 20. The van der Waals surface area contributed by atoms with E-state index in [4.69, 9.17) is 24.8 Å². The summed E-state index contributed by atoms with van der Waals surface area (Å²) < 4.78 is 14.8. The molecule has 34 heavy (non-hydrogen) atoms. The van der Waals surface area contributed by atoms with Crippen molar-refractivity contribution in [2.24, 2.45) is 0 Å². The lowest BCUT2D eigenvalue weighted by atomic mass is 10.1. The highest BCUT2D eigenvalue weighted by Gasteiger charge is 1.93. The van der Waals surface area contributed by atoms with Crippen LogP contribution in [0.5, 0.6) is 0 Å². The predicted octanol–water partition coefficient (Wildman–Crippen LogP) is 5.44. The van der Waals surface area contributed by atoms with Crippen molar-refractivity contribution in [3.63, 3.8) is 0 Å². The molecule has 3 N–H and O–H groups in total. The maximum absolute atomic E-state index is 8.52. The molecule has 0 aromatic heterocycles. The summed E-state index contributed by atoms with van der Waals surface area (Å²) >= 11 is 0. The lowest BCUT2D eigenvalue weighted by molar-refractivity contribution is 0.0815. The van der Waals surface area contributed by atoms with Crippen LogP contribution < -0.4 is 0 Å². The SMILES string of the molecule is CCCCCCCCCCCCCOCCO.COCCO.Cc1ccc(COCCO)cc1. The Kier molecular flexibility index (Phi) is 33.1. The maximum atomic E-state index is 8.52. The van der Waals surface area contributed by atoms with E-state index in [1.807, 2.05) is 12.1 Å². The van der Waals surface area contributed by atoms with Crippen molar-refractivity contribution < 1.29 is 29.5 Å². The van der Waals surface area contributed by atoms with Gasteiger partial charge in [-0.3, -0.25) is 0 Å². The van der Waals surface area contributed by atoms with Gasteiger partial charge in [0.25, 0.3) is 0 Å². The molecule has 1 aromatic rings. The molecule has 0 spiro atoms. The molecule has 1 rings (SSSR count). The summed E-state index contributed by atoms with van der Waals surface area (Å²) in [6.45, 7) is 7.44. The zero-order valence-electron chi connectivity index (χ0n) is 22.3. The lowest BCUT2D eigenvalue weighted by Gasteiger charge is -2.03. The Bertz CT molecular complexity index is 450. The summed E-state index contributed by atoms with van der Waals surface area (Å²) in [6.07, 6.45) is 15.0. The monoisotopic (exact) mass is 486 g/mol. The van der Waals surface area contributed by atoms with Crippen LogP contribution in [0.15, 0.2) is 24.3 Å². The van der Waals surface area contributed by atoms with Crippen molar-refractivity contribution in [3.8, 4) is 0 Å². The van der Waals surface area contributed by atoms with Crippen LogP contribution in [0.1, 0.15) is 88.7 Å². The van der Waals surface area contributed by atoms with Gasteiger partial charge in [0.2, 0.25) is 0 Å². The molecule has 6 nitrogen and oxygen atoms in total. The molecule has 0 heterocycles. The fourth-order valence-electron chi connectivity index (χ4n) is 3.07. The molecule has 0 bridgehead atoms. The van der Waals surface area contributed by atoms with Crippen LogP contribution in [0, 0.1) is 6.92 Å². The van der Waals surface area contributed by atoms with Crippen molar-refractivity contribution in [1.82, 2.24) is 0 Å². The van der Waals surface area contributed by atoms with E-state index >= 15 is 0 Å². The Morgan fingerprint density at radius 2 is 1.06 bits per heavy atom. The van der Waals surface area contributed by atoms with Gasteiger partial charge in [0.15, 0.2) is 0 Å². The molecule has 6 heteroatoms. The van der Waals surface area contributed by atoms with Crippen LogP contribution in [0.3, 0.4) is 0 Å². The number of aryl methyl sites for hydroxylation is 1. The first-order chi connectivity index (χ1) is 16.7. The molecule has 0 amide bonds. The van der Waals surface area contributed by atoms with Crippen LogP contribution in [-0.2, 0) is 20.8 Å². The van der Waals surface area contributed by atoms with Gasteiger partial charge in [-0.05, 0) is 18.9 Å². The summed E-state index contributed by atoms with van der Waals surface area (Å²) in [6, 6.07) is 8.18. The summed E-state index contributed by atoms with van der Waals surface area (Å²) in [5, 5.41) is 24.9. The molecule has 0 aliphatic rings. The Labute approximate surface area is 209 Å². The number of methoxy groups -OCH3 is 1. The Balaban J connectivity index is 0. The Morgan fingerprint density at radius 3 is 1.50 bits per heavy atom. The van der Waals surface area contributed by atoms with Crippen molar-refractivity contribution in [3.05, 3.63) is 35.4 Å². The first kappa shape index (κ1) is 35.1. The Hall–Kier alpha value is -1.02. The highest BCUT2D eigenvalue weighted by atomic mass is 16.5. The molecular formula is C28H54O6. The molecular weight excluding hydrogens is 432 g/mol. The van der Waals surface area contributed by atoms with E-state index in [9.17, 15) is 0 Å². The second kappa shape index (κ2) is 32.0. The minimum Gasteiger partial charge on any atom is -0.394 e. The molecule has 0 atom stereocenters. The molecule has 0 saturated heterocycles. The van der Waals surface area contributed by atoms with Gasteiger partial charge in [-0.2, -0.15) is 0 Å². The smallest absolute Gasteiger partial charge is 0.0718 e. The standard InChI is InChI=1S/C15H32O2.C10H14O2.C3H8O2/c1-2-3-4-5-6-7-8-9-10-11-12-14-17-15-13-16;1-9-2-4-10(5-3-9)8-12-7-6-11;1-5-3-2-4/h16H,2-15H2,1H3;2-5,11H,6-8H2,1H3;4H,2-3H2,1H3. The van der Waals surface area contributed by atoms with Gasteiger partial charge >= 0.3 is 0 Å². The molecule has 0 radical (unpaired) electrons. The van der Waals surface area contributed by atoms with Gasteiger partial charge in [0, 0.05) is 13.7 Å². The quantitative estimate of drug-likeness (QED) is 0.213. The van der Waals surface area contributed by atoms with E-state index in [2.05, 4.69) is 30.7 Å². The van der Waals surface area contributed by atoms with E-state index in [1.165, 1.54) is 69.8 Å². The third-order valence-electron chi connectivity index (χ3n) is 5.05. The van der Waals surface area contributed by atoms with Gasteiger partial charge in [0.05, 0.1) is 46.2 Å². The van der Waals surface area contributed by atoms with Gasteiger partial charge in [-0.25, -0.2) is 0 Å². The van der Waals surface area contributed by atoms with E-state index in [0.29, 0.717) is 26.4 Å². The second-order valence-electron chi connectivity index (χ2n) is 8.35. The largest absolute Gasteiger partial charge is 0.394 e. The zero-order chi connectivity index (χ0) is 25.5. The minimum atomic E-state index is 0.0891. The predicted molar refractivity (Wildman–Crippen MR) is 141 cm³/mol. The fraction of sp³-hybridized carbons (Fsp3) is 0.786. The van der Waals surface area contributed by atoms with E-state index in [0.717, 1.165) is 18.6 Å². The number of aliphatic hydroxyl groups excluding tert-OH is 3. The molecule has 0 unspecified atom stereocenters. The normalized spacial score (nSPS) is 10.3. The molecule has 0 fully saturated rings. The Morgan fingerprint density at radius 1 is 0.588 bits per heavy atom. The van der Waals surface area contributed by atoms with E-state index in [1.54, 1.807) is 7.11 Å². The van der Waals surface area contributed by atoms with Crippen LogP contribution in [0.4, 0.5) is 0 Å². The molecule has 0 saturated carbocycles. The number of benzene rings is 1. The summed E-state index contributed by atoms with van der Waals surface area (Å²) in [5.74, 6) is 0. The van der Waals surface area contributed by atoms with E-state index in [-0.39, 0.29) is 19.8 Å². The minimum absolute atomic E-state index is 0.0891. The first-order valence-corrected chi connectivity index (χ1v) is 13.2. The van der Waals surface area contributed by atoms with Gasteiger partial charge in [0.1, 0.15) is 0 Å². The first-order valence-electron chi connectivity index (χ1n) is 13.2. The topological polar surface area (TPSA) is 88.4 Å². The number of hydrogen-bond donors (Lipinski definition) is 3. The highest BCUT2D eigenvalue weighted by Crippen LogP contribution is 2.11. The number of ether oxygens (including phenoxy) is 3. The van der Waals surface area contributed by atoms with Crippen molar-refractivity contribution in [2.45, 2.75) is 91.1 Å². The lowest BCUT2D eigenvalue weighted by Crippen LogP contribution is -2.00. The zero-order valence-corrected chi connectivity index (χ0v) is 22.3. The van der Waals surface area contributed by atoms with Crippen LogP contribution in [0.25, 0.3) is 0 Å². The third kappa shape index (κ3) is 31.0. The maximum Gasteiger partial charge on any atom is 0.0718 e. The third-order valence-corrected chi connectivity index (χ3v) is 5.05. The van der Waals surface area contributed by atoms with Crippen molar-refractivity contribution in [1.29, 1.82) is 0 Å². The summed E-state index contributed by atoms with van der Waals surface area (Å²) in [5.41, 5.74) is 2.40. The van der Waals surface area contributed by atoms with E-state index < -0.39 is 0 Å². The molecule has 0 aliphatic carbocycles. The van der Waals surface area contributed by atoms with Crippen molar-refractivity contribution in [2.75, 3.05) is 53.4 Å². The fourth-order valence-corrected chi connectivity index (χ4v) is 3.07. The molecule has 1 aromatic carbocycles. The van der Waals surface area contributed by atoms with Crippen LogP contribution in [-0.4, -0.2) is 68.7 Å². The molecule has 0 aliphatic heterocycles. The van der Waals surface area contributed by atoms with Gasteiger partial charge in [-0.1, -0.05) is 101 Å². The number of aliphatic hydroxyl groups is 3. The summed E-state index contributed by atoms with van der Waals surface area (Å²) in [4.78, 5) is 0. The average molecular weight is 487 g/mol.